The molecule has 0 bridgehead atoms. The molecule has 0 aromatic carbocycles. The molecule has 10 heteroatoms. The maximum absolute atomic E-state index is 10.0. The molecule has 0 unspecified atom stereocenters. The molecule has 0 atom stereocenters. The molecule has 50 heavy (non-hydrogen) atoms. The predicted molar refractivity (Wildman–Crippen MR) is 190 cm³/mol. The molecule has 0 aliphatic rings. The Morgan fingerprint density at radius 2 is 0.400 bits per heavy atom. The summed E-state index contributed by atoms with van der Waals surface area (Å²) >= 11 is 0. The van der Waals surface area contributed by atoms with Gasteiger partial charge in [0.1, 0.15) is 0 Å². The van der Waals surface area contributed by atoms with Crippen LogP contribution >= 0.6 is 0 Å². The van der Waals surface area contributed by atoms with Gasteiger partial charge < -0.3 is 39.6 Å². The Hall–Kier alpha value is -1.11. The van der Waals surface area contributed by atoms with Crippen LogP contribution in [-0.2, 0) is 52.7 Å². The van der Waals surface area contributed by atoms with Gasteiger partial charge in [0.15, 0.2) is 0 Å². The Kier molecular flexibility index (Phi) is 69.8. The van der Waals surface area contributed by atoms with Crippen LogP contribution in [-0.4, -0.2) is 23.9 Å². The normalized spacial score (nSPS) is 9.68. The maximum Gasteiger partial charge on any atom is 2.00 e. The summed E-state index contributed by atoms with van der Waals surface area (Å²) in [5.74, 6) is -3.65. The van der Waals surface area contributed by atoms with E-state index < -0.39 is 23.9 Å². The van der Waals surface area contributed by atoms with Crippen LogP contribution in [0.25, 0.3) is 0 Å². The Morgan fingerprint density at radius 3 is 0.520 bits per heavy atom. The van der Waals surface area contributed by atoms with Crippen LogP contribution in [0.15, 0.2) is 0 Å². The fourth-order valence-electron chi connectivity index (χ4n) is 4.91. The summed E-state index contributed by atoms with van der Waals surface area (Å²) in [4.78, 5) is 40.1. The van der Waals surface area contributed by atoms with Crippen molar-refractivity contribution >= 4 is 23.9 Å². The van der Waals surface area contributed by atoms with Crippen molar-refractivity contribution in [2.24, 2.45) is 0 Å². The van der Waals surface area contributed by atoms with Gasteiger partial charge in [-0.05, 0) is 51.4 Å². The number of carbonyl (C=O) groups excluding carboxylic acids is 4. The number of carboxylic acids is 4. The van der Waals surface area contributed by atoms with E-state index in [4.69, 9.17) is 0 Å². The van der Waals surface area contributed by atoms with Gasteiger partial charge in [0, 0.05) is 23.9 Å². The Morgan fingerprint density at radius 1 is 0.280 bits per heavy atom. The molecule has 0 rings (SSSR count). The fourth-order valence-corrected chi connectivity index (χ4v) is 4.91. The largest absolute Gasteiger partial charge is 2.00 e. The average molecular weight is 807 g/mol. The van der Waals surface area contributed by atoms with Crippen LogP contribution in [0.2, 0.25) is 0 Å². The van der Waals surface area contributed by atoms with E-state index in [1.807, 2.05) is 0 Å². The van der Waals surface area contributed by atoms with Crippen LogP contribution in [0.4, 0.5) is 0 Å². The molecule has 0 aromatic heterocycles. The molecule has 0 amide bonds. The van der Waals surface area contributed by atoms with Crippen molar-refractivity contribution in [3.05, 3.63) is 0 Å². The van der Waals surface area contributed by atoms with Crippen LogP contribution in [0, 0.1) is 0 Å². The molecular formula is C40H76CuNiO8. The van der Waals surface area contributed by atoms with E-state index in [1.165, 1.54) is 128 Å². The third-order valence-electron chi connectivity index (χ3n) is 7.94. The number of hydrogen-bond donors (Lipinski definition) is 0. The molecule has 1 radical (unpaired) electrons. The van der Waals surface area contributed by atoms with Gasteiger partial charge in [0.25, 0.3) is 0 Å². The molecule has 8 nitrogen and oxygen atoms in total. The van der Waals surface area contributed by atoms with Crippen molar-refractivity contribution in [3.63, 3.8) is 0 Å². The minimum atomic E-state index is -0.913. The molecule has 0 N–H and O–H groups in total. The fraction of sp³-hybridized carbons (Fsp3) is 0.900. The van der Waals surface area contributed by atoms with Gasteiger partial charge in [-0.1, -0.05) is 182 Å². The Balaban J connectivity index is -0.000000127. The number of unbranched alkanes of at least 4 members (excludes halogenated alkanes) is 24. The van der Waals surface area contributed by atoms with Crippen LogP contribution in [0.3, 0.4) is 0 Å². The standard InChI is InChI=1S/4C10H20O2.Cu.Ni/c4*1-2-3-4-5-6-7-8-9-10(11)12;;/h4*2-9H2,1H3,(H,11,12);;/q;;;;2*+2/p-4. The number of carboxylic acid groups (broad SMARTS) is 4. The van der Waals surface area contributed by atoms with Crippen LogP contribution in [0.5, 0.6) is 0 Å². The van der Waals surface area contributed by atoms with Crippen molar-refractivity contribution in [1.82, 2.24) is 0 Å². The molecule has 305 valence electrons. The summed E-state index contributed by atoms with van der Waals surface area (Å²) in [6.45, 7) is 8.76. The average Bonchev–Trinajstić information content (AvgIpc) is 3.03. The summed E-state index contributed by atoms with van der Waals surface area (Å²) in [6, 6.07) is 0. The Labute approximate surface area is 328 Å². The third-order valence-corrected chi connectivity index (χ3v) is 7.94. The molecule has 0 heterocycles. The molecule has 0 aliphatic carbocycles. The molecule has 0 aliphatic heterocycles. The summed E-state index contributed by atoms with van der Waals surface area (Å²) in [5, 5.41) is 40.1. The second kappa shape index (κ2) is 57.2. The van der Waals surface area contributed by atoms with Gasteiger partial charge >= 0.3 is 33.6 Å². The van der Waals surface area contributed by atoms with Crippen molar-refractivity contribution in [2.75, 3.05) is 0 Å². The van der Waals surface area contributed by atoms with Crippen molar-refractivity contribution in [3.8, 4) is 0 Å². The molecule has 0 saturated heterocycles. The summed E-state index contributed by atoms with van der Waals surface area (Å²) in [7, 11) is 0. The molecule has 0 aromatic rings. The molecule has 0 fully saturated rings. The van der Waals surface area contributed by atoms with Gasteiger partial charge in [-0.25, -0.2) is 0 Å². The second-order valence-electron chi connectivity index (χ2n) is 13.0. The minimum Gasteiger partial charge on any atom is -0.550 e. The van der Waals surface area contributed by atoms with Gasteiger partial charge in [0.2, 0.25) is 0 Å². The Bertz CT molecular complexity index is 568. The first-order valence-corrected chi connectivity index (χ1v) is 19.9. The van der Waals surface area contributed by atoms with Crippen molar-refractivity contribution in [2.45, 2.75) is 233 Å². The molecular weight excluding hydrogens is 731 g/mol. The van der Waals surface area contributed by atoms with Gasteiger partial charge in [-0.15, -0.1) is 0 Å². The van der Waals surface area contributed by atoms with E-state index in [1.54, 1.807) is 0 Å². The van der Waals surface area contributed by atoms with E-state index in [2.05, 4.69) is 27.7 Å². The smallest absolute Gasteiger partial charge is 0.550 e. The van der Waals surface area contributed by atoms with Gasteiger partial charge in [0.05, 0.1) is 0 Å². The van der Waals surface area contributed by atoms with Crippen molar-refractivity contribution < 1.29 is 73.2 Å². The van der Waals surface area contributed by atoms with Crippen LogP contribution < -0.4 is 20.4 Å². The van der Waals surface area contributed by atoms with E-state index in [9.17, 15) is 39.6 Å². The summed E-state index contributed by atoms with van der Waals surface area (Å²) in [5.41, 5.74) is 0. The molecule has 0 saturated carbocycles. The third kappa shape index (κ3) is 81.1. The predicted octanol–water partition coefficient (Wildman–Crippen LogP) is 7.50. The summed E-state index contributed by atoms with van der Waals surface area (Å²) in [6.07, 6.45) is 33.4. The quantitative estimate of drug-likeness (QED) is 0.0499. The number of carbonyl (C=O) groups is 4. The van der Waals surface area contributed by atoms with E-state index in [0.717, 1.165) is 51.4 Å². The maximum atomic E-state index is 10.0. The first-order chi connectivity index (χ1) is 23.1. The zero-order valence-electron chi connectivity index (χ0n) is 32.5. The zero-order chi connectivity index (χ0) is 36.9. The van der Waals surface area contributed by atoms with E-state index >= 15 is 0 Å². The van der Waals surface area contributed by atoms with Gasteiger partial charge in [-0.3, -0.25) is 0 Å². The number of rotatable bonds is 32. The van der Waals surface area contributed by atoms with E-state index in [0.29, 0.717) is 0 Å². The SMILES string of the molecule is CCCCCCCCCC(=O)[O-].CCCCCCCCCC(=O)[O-].CCCCCCCCCC(=O)[O-].CCCCCCCCCC(=O)[O-].[Cu+2].[Ni+2]. The van der Waals surface area contributed by atoms with E-state index in [-0.39, 0.29) is 59.2 Å². The minimum absolute atomic E-state index is 0. The van der Waals surface area contributed by atoms with Crippen molar-refractivity contribution in [1.29, 1.82) is 0 Å². The second-order valence-corrected chi connectivity index (χ2v) is 13.0. The monoisotopic (exact) mass is 805 g/mol. The first kappa shape index (κ1) is 61.0. The topological polar surface area (TPSA) is 161 Å². The number of aliphatic carboxylic acids is 4. The molecule has 0 spiro atoms. The van der Waals surface area contributed by atoms with Gasteiger partial charge in [-0.2, -0.15) is 0 Å². The zero-order valence-corrected chi connectivity index (χ0v) is 34.4. The number of hydrogen-bond acceptors (Lipinski definition) is 8. The summed E-state index contributed by atoms with van der Waals surface area (Å²) < 4.78 is 0. The van der Waals surface area contributed by atoms with Crippen LogP contribution in [0.1, 0.15) is 233 Å². The first-order valence-electron chi connectivity index (χ1n) is 19.9.